The summed E-state index contributed by atoms with van der Waals surface area (Å²) in [5.41, 5.74) is 2.98. The molecule has 116 valence electrons. The second-order valence-corrected chi connectivity index (χ2v) is 6.63. The van der Waals surface area contributed by atoms with Crippen LogP contribution in [0.2, 0.25) is 0 Å². The van der Waals surface area contributed by atoms with Crippen molar-refractivity contribution in [3.63, 3.8) is 0 Å². The minimum absolute atomic E-state index is 0.148. The van der Waals surface area contributed by atoms with E-state index in [9.17, 15) is 9.90 Å². The van der Waals surface area contributed by atoms with Crippen molar-refractivity contribution in [3.05, 3.63) is 40.1 Å². The topological polar surface area (TPSA) is 83.8 Å². The zero-order valence-electron chi connectivity index (χ0n) is 12.6. The van der Waals surface area contributed by atoms with Crippen molar-refractivity contribution in [3.8, 4) is 16.9 Å². The third-order valence-corrected chi connectivity index (χ3v) is 4.63. The van der Waals surface area contributed by atoms with Gasteiger partial charge in [0.15, 0.2) is 11.3 Å². The maximum absolute atomic E-state index is 11.8. The molecular formula is C16H14N4O2S. The number of phenols is 1. The molecule has 3 heterocycles. The van der Waals surface area contributed by atoms with Crippen LogP contribution in [0, 0.1) is 0 Å². The molecule has 23 heavy (non-hydrogen) atoms. The summed E-state index contributed by atoms with van der Waals surface area (Å²) in [6.07, 6.45) is 1.77. The summed E-state index contributed by atoms with van der Waals surface area (Å²) < 4.78 is 2.60. The quantitative estimate of drug-likeness (QED) is 0.592. The highest BCUT2D eigenvalue weighted by atomic mass is 32.1. The number of rotatable bonds is 2. The van der Waals surface area contributed by atoms with E-state index in [4.69, 9.17) is 0 Å². The van der Waals surface area contributed by atoms with Crippen LogP contribution in [0.15, 0.2) is 35.3 Å². The lowest BCUT2D eigenvalue weighted by Gasteiger charge is -2.09. The molecule has 0 aliphatic heterocycles. The first-order valence-electron chi connectivity index (χ1n) is 7.24. The Morgan fingerprint density at radius 3 is 2.91 bits per heavy atom. The molecule has 0 radical (unpaired) electrons. The minimum atomic E-state index is -0.148. The lowest BCUT2D eigenvalue weighted by atomic mass is 10.0. The first-order valence-corrected chi connectivity index (χ1v) is 8.05. The van der Waals surface area contributed by atoms with E-state index in [1.165, 1.54) is 0 Å². The van der Waals surface area contributed by atoms with Crippen LogP contribution >= 0.6 is 11.3 Å². The van der Waals surface area contributed by atoms with E-state index in [1.807, 2.05) is 24.6 Å². The van der Waals surface area contributed by atoms with Gasteiger partial charge in [-0.3, -0.25) is 9.78 Å². The molecule has 0 unspecified atom stereocenters. The van der Waals surface area contributed by atoms with Crippen molar-refractivity contribution in [2.24, 2.45) is 0 Å². The fourth-order valence-corrected chi connectivity index (χ4v) is 3.62. The molecule has 4 rings (SSSR count). The van der Waals surface area contributed by atoms with Gasteiger partial charge in [0.25, 0.3) is 0 Å². The monoisotopic (exact) mass is 326 g/mol. The Bertz CT molecular complexity index is 1090. The maximum atomic E-state index is 11.8. The Morgan fingerprint density at radius 1 is 1.35 bits per heavy atom. The summed E-state index contributed by atoms with van der Waals surface area (Å²) in [6.45, 7) is 4.06. The second-order valence-electron chi connectivity index (χ2n) is 5.65. The minimum Gasteiger partial charge on any atom is -0.508 e. The average Bonchev–Trinajstić information content (AvgIpc) is 3.06. The van der Waals surface area contributed by atoms with Crippen LogP contribution in [0.25, 0.3) is 32.5 Å². The molecule has 0 saturated heterocycles. The number of nitrogens with zero attached hydrogens (tertiary/aromatic N) is 3. The van der Waals surface area contributed by atoms with E-state index in [1.54, 1.807) is 24.4 Å². The summed E-state index contributed by atoms with van der Waals surface area (Å²) in [5.74, 6) is 0.180. The number of aromatic nitrogens is 4. The van der Waals surface area contributed by atoms with Gasteiger partial charge in [-0.25, -0.2) is 9.67 Å². The Hall–Kier alpha value is -2.67. The van der Waals surface area contributed by atoms with E-state index < -0.39 is 0 Å². The van der Waals surface area contributed by atoms with E-state index in [0.717, 1.165) is 38.2 Å². The molecule has 0 bridgehead atoms. The molecule has 0 aliphatic carbocycles. The molecule has 0 aliphatic rings. The zero-order valence-corrected chi connectivity index (χ0v) is 13.4. The molecular weight excluding hydrogens is 312 g/mol. The van der Waals surface area contributed by atoms with Crippen LogP contribution in [-0.4, -0.2) is 24.9 Å². The Kier molecular flexibility index (Phi) is 2.99. The highest BCUT2D eigenvalue weighted by Gasteiger charge is 2.18. The van der Waals surface area contributed by atoms with E-state index in [0.29, 0.717) is 5.65 Å². The molecule has 0 amide bonds. The number of thiazole rings is 1. The number of nitrogens with one attached hydrogen (secondary N) is 1. The molecule has 1 aromatic carbocycles. The number of fused-ring (bicyclic) bond motifs is 2. The predicted molar refractivity (Wildman–Crippen MR) is 91.0 cm³/mol. The highest BCUT2D eigenvalue weighted by Crippen LogP contribution is 2.37. The normalized spacial score (nSPS) is 11.8. The van der Waals surface area contributed by atoms with Crippen molar-refractivity contribution in [2.45, 2.75) is 19.9 Å². The molecule has 0 saturated carbocycles. The SMILES string of the molecule is CC(C)n1ncc2c(-c3cccc(O)c3)c3sc(=O)[nH]c3nc21. The summed E-state index contributed by atoms with van der Waals surface area (Å²) in [4.78, 5) is 19.0. The van der Waals surface area contributed by atoms with Gasteiger partial charge in [0, 0.05) is 17.0 Å². The summed E-state index contributed by atoms with van der Waals surface area (Å²) in [5, 5.41) is 15.1. The van der Waals surface area contributed by atoms with Crippen LogP contribution in [0.1, 0.15) is 19.9 Å². The largest absolute Gasteiger partial charge is 0.508 e. The number of benzene rings is 1. The Labute approximate surface area is 135 Å². The molecule has 3 aromatic heterocycles. The smallest absolute Gasteiger partial charge is 0.306 e. The van der Waals surface area contributed by atoms with Gasteiger partial charge in [0.05, 0.1) is 10.9 Å². The first kappa shape index (κ1) is 14.0. The van der Waals surface area contributed by atoms with Crippen LogP contribution in [0.5, 0.6) is 5.75 Å². The van der Waals surface area contributed by atoms with Gasteiger partial charge in [-0.15, -0.1) is 0 Å². The van der Waals surface area contributed by atoms with Crippen molar-refractivity contribution in [2.75, 3.05) is 0 Å². The van der Waals surface area contributed by atoms with Gasteiger partial charge in [0.1, 0.15) is 5.75 Å². The lowest BCUT2D eigenvalue weighted by Crippen LogP contribution is -2.03. The zero-order chi connectivity index (χ0) is 16.1. The third kappa shape index (κ3) is 2.12. The predicted octanol–water partition coefficient (Wildman–Crippen LogP) is 3.29. The summed E-state index contributed by atoms with van der Waals surface area (Å²) in [7, 11) is 0. The van der Waals surface area contributed by atoms with Crippen molar-refractivity contribution in [1.29, 1.82) is 0 Å². The number of aromatic amines is 1. The molecule has 2 N–H and O–H groups in total. The standard InChI is InChI=1S/C16H14N4O2S/c1-8(2)20-15-11(7-17-20)12(9-4-3-5-10(21)6-9)13-14(18-15)19-16(22)23-13/h3-8,21H,1-2H3,(H,18,19,22). The average molecular weight is 326 g/mol. The van der Waals surface area contributed by atoms with Gasteiger partial charge < -0.3 is 5.11 Å². The number of phenolic OH excluding ortho intramolecular Hbond substituents is 1. The fraction of sp³-hybridized carbons (Fsp3) is 0.188. The van der Waals surface area contributed by atoms with Crippen LogP contribution < -0.4 is 4.87 Å². The molecule has 0 fully saturated rings. The van der Waals surface area contributed by atoms with Crippen LogP contribution in [0.3, 0.4) is 0 Å². The van der Waals surface area contributed by atoms with Gasteiger partial charge in [-0.1, -0.05) is 23.5 Å². The number of aromatic hydroxyl groups is 1. The summed E-state index contributed by atoms with van der Waals surface area (Å²) in [6, 6.07) is 7.15. The Morgan fingerprint density at radius 2 is 2.17 bits per heavy atom. The van der Waals surface area contributed by atoms with Crippen molar-refractivity contribution in [1.82, 2.24) is 19.7 Å². The molecule has 7 heteroatoms. The van der Waals surface area contributed by atoms with E-state index in [-0.39, 0.29) is 16.7 Å². The second kappa shape index (κ2) is 4.92. The van der Waals surface area contributed by atoms with Crippen molar-refractivity contribution >= 4 is 32.7 Å². The van der Waals surface area contributed by atoms with E-state index in [2.05, 4.69) is 15.1 Å². The van der Waals surface area contributed by atoms with Gasteiger partial charge >= 0.3 is 4.87 Å². The van der Waals surface area contributed by atoms with Gasteiger partial charge in [0.2, 0.25) is 0 Å². The number of pyridine rings is 1. The van der Waals surface area contributed by atoms with Crippen LogP contribution in [-0.2, 0) is 0 Å². The van der Waals surface area contributed by atoms with Crippen LogP contribution in [0.4, 0.5) is 0 Å². The highest BCUT2D eigenvalue weighted by molar-refractivity contribution is 7.17. The molecule has 6 nitrogen and oxygen atoms in total. The molecule has 4 aromatic rings. The van der Waals surface area contributed by atoms with Gasteiger partial charge in [-0.2, -0.15) is 5.10 Å². The van der Waals surface area contributed by atoms with Crippen molar-refractivity contribution < 1.29 is 5.11 Å². The summed E-state index contributed by atoms with van der Waals surface area (Å²) >= 11 is 1.12. The number of H-pyrrole nitrogens is 1. The third-order valence-electron chi connectivity index (χ3n) is 3.74. The first-order chi connectivity index (χ1) is 11.0. The lowest BCUT2D eigenvalue weighted by molar-refractivity contribution is 0.475. The maximum Gasteiger partial charge on any atom is 0.306 e. The van der Waals surface area contributed by atoms with E-state index >= 15 is 0 Å². The fourth-order valence-electron chi connectivity index (χ4n) is 2.77. The molecule has 0 atom stereocenters. The van der Waals surface area contributed by atoms with Gasteiger partial charge in [-0.05, 0) is 31.5 Å². The number of hydrogen-bond acceptors (Lipinski definition) is 5. The molecule has 0 spiro atoms. The number of hydrogen-bond donors (Lipinski definition) is 2. The Balaban J connectivity index is 2.19.